The summed E-state index contributed by atoms with van der Waals surface area (Å²) in [4.78, 5) is 161. The second-order valence-electron chi connectivity index (χ2n) is 29.5. The number of phosphoric ester groups is 1. The maximum atomic E-state index is 15.5. The van der Waals surface area contributed by atoms with Gasteiger partial charge in [-0.15, -0.1) is 23.2 Å². The Labute approximate surface area is 669 Å². The molecule has 11 amide bonds. The number of nitrogens with zero attached hydrogens (tertiary/aromatic N) is 5. The molecule has 0 bridgehead atoms. The van der Waals surface area contributed by atoms with E-state index in [0.717, 1.165) is 21.4 Å². The van der Waals surface area contributed by atoms with Crippen LogP contribution < -0.4 is 46.1 Å². The largest absolute Gasteiger partial charge is 0.524 e. The number of nitrogens with one attached hydrogen (secondary N) is 4. The van der Waals surface area contributed by atoms with E-state index in [0.29, 0.717) is 91.6 Å². The van der Waals surface area contributed by atoms with Crippen molar-refractivity contribution in [3.63, 3.8) is 0 Å². The smallest absolute Gasteiger partial charge is 0.445 e. The molecule has 3 aliphatic heterocycles. The zero-order valence-corrected chi connectivity index (χ0v) is 66.9. The summed E-state index contributed by atoms with van der Waals surface area (Å²) in [5.41, 5.74) is 7.08. The summed E-state index contributed by atoms with van der Waals surface area (Å²) in [6.07, 6.45) is 1.30. The first-order chi connectivity index (χ1) is 54.7. The number of likely N-dealkylation sites (N-methyl/N-ethyl adjacent to an activating group) is 2. The number of fused-ring (bicyclic) bond motifs is 10. The number of amides is 11. The molecule has 5 aromatic carbocycles. The minimum atomic E-state index is -5.01. The normalized spacial score (nSPS) is 21.3. The van der Waals surface area contributed by atoms with Gasteiger partial charge in [0.1, 0.15) is 30.2 Å². The van der Waals surface area contributed by atoms with Crippen LogP contribution in [0.15, 0.2) is 97.1 Å². The van der Waals surface area contributed by atoms with Crippen molar-refractivity contribution in [1.82, 2.24) is 30.7 Å². The molecular weight excluding hydrogens is 1540 g/mol. The predicted molar refractivity (Wildman–Crippen MR) is 420 cm³/mol. The number of hydrogen-bond acceptors (Lipinski definition) is 20. The molecule has 3 fully saturated rings. The fourth-order valence-electron chi connectivity index (χ4n) is 16.6. The molecular formula is C79H99Cl2N10O22P. The van der Waals surface area contributed by atoms with E-state index in [4.69, 9.17) is 71.4 Å². The SMILES string of the molecule is CC(C)C(NC(=O)CCOCCOCCOCCOCCOCCOCCN1C(=O)C=CC1=O)C(=O)N[C@@H](CCCNC(N)=O)C(=O)Nc1ccc(COC(=O)N(C)CCN(C)C(=O)Oc2cc3c(c4ccccc24)C(CCl)CN3C(=O)C23C(C)C2C2(C(=O)N4CC(CCl)c5c4cc(OP(=O)(O)O)c4ccccc54)C(C)C32)cc1. The molecule has 5 aromatic rings. The molecule has 35 heteroatoms. The van der Waals surface area contributed by atoms with Gasteiger partial charge in [-0.05, 0) is 82.0 Å². The summed E-state index contributed by atoms with van der Waals surface area (Å²) < 4.78 is 62.2. The average molecular weight is 1640 g/mol. The lowest BCUT2D eigenvalue weighted by Gasteiger charge is -2.37. The lowest BCUT2D eigenvalue weighted by Crippen LogP contribution is -2.54. The highest BCUT2D eigenvalue weighted by molar-refractivity contribution is 7.46. The van der Waals surface area contributed by atoms with Crippen LogP contribution in [0.5, 0.6) is 11.5 Å². The molecule has 3 saturated carbocycles. The van der Waals surface area contributed by atoms with Crippen LogP contribution in [0.4, 0.5) is 31.4 Å². The third kappa shape index (κ3) is 19.1. The summed E-state index contributed by atoms with van der Waals surface area (Å²) in [6, 6.07) is 21.3. The zero-order valence-electron chi connectivity index (χ0n) is 64.5. The molecule has 0 radical (unpaired) electrons. The maximum Gasteiger partial charge on any atom is 0.524 e. The summed E-state index contributed by atoms with van der Waals surface area (Å²) in [5.74, 6) is -4.06. The van der Waals surface area contributed by atoms with Gasteiger partial charge < -0.3 is 89.0 Å². The van der Waals surface area contributed by atoms with Crippen molar-refractivity contribution < 1.29 is 105 Å². The van der Waals surface area contributed by atoms with Crippen molar-refractivity contribution in [3.05, 3.63) is 114 Å². The Kier molecular flexibility index (Phi) is 28.7. The number of rotatable bonds is 43. The lowest BCUT2D eigenvalue weighted by atomic mass is 9.72. The van der Waals surface area contributed by atoms with Gasteiger partial charge in [-0.25, -0.2) is 18.9 Å². The van der Waals surface area contributed by atoms with Gasteiger partial charge in [0, 0.05) is 118 Å². The van der Waals surface area contributed by atoms with Crippen molar-refractivity contribution in [2.45, 2.75) is 77.5 Å². The summed E-state index contributed by atoms with van der Waals surface area (Å²) in [7, 11) is -1.97. The van der Waals surface area contributed by atoms with Crippen LogP contribution in [0.2, 0.25) is 0 Å². The Bertz CT molecular complexity index is 4450. The number of halogens is 2. The van der Waals surface area contributed by atoms with E-state index in [9.17, 15) is 52.7 Å². The minimum absolute atomic E-state index is 0.0244. The molecule has 6 aliphatic rings. The molecule has 3 aliphatic carbocycles. The molecule has 11 rings (SSSR count). The van der Waals surface area contributed by atoms with E-state index >= 15 is 9.59 Å². The summed E-state index contributed by atoms with van der Waals surface area (Å²) in [5, 5.41) is 13.3. The Morgan fingerprint density at radius 2 is 1.09 bits per heavy atom. The molecule has 0 saturated heterocycles. The molecule has 616 valence electrons. The third-order valence-electron chi connectivity index (χ3n) is 22.2. The third-order valence-corrected chi connectivity index (χ3v) is 23.3. The molecule has 8 N–H and O–H groups in total. The number of anilines is 3. The lowest BCUT2D eigenvalue weighted by molar-refractivity contribution is -0.138. The molecule has 0 spiro atoms. The van der Waals surface area contributed by atoms with Crippen LogP contribution in [-0.2, 0) is 77.9 Å². The minimum Gasteiger partial charge on any atom is -0.445 e. The highest BCUT2D eigenvalue weighted by Gasteiger charge is 3.02. The topological polar surface area (TPSA) is 402 Å². The quantitative estimate of drug-likeness (QED) is 0.00881. The van der Waals surface area contributed by atoms with E-state index in [1.165, 1.54) is 42.1 Å². The molecule has 0 aromatic heterocycles. The molecule has 10 atom stereocenters. The van der Waals surface area contributed by atoms with Crippen LogP contribution in [0, 0.1) is 40.4 Å². The molecule has 9 unspecified atom stereocenters. The van der Waals surface area contributed by atoms with Gasteiger partial charge in [-0.2, -0.15) is 0 Å². The second-order valence-corrected chi connectivity index (χ2v) is 31.3. The van der Waals surface area contributed by atoms with Crippen molar-refractivity contribution >= 4 is 129 Å². The summed E-state index contributed by atoms with van der Waals surface area (Å²) >= 11 is 13.4. The zero-order chi connectivity index (χ0) is 81.8. The Hall–Kier alpha value is -9.05. The fourth-order valence-corrected chi connectivity index (χ4v) is 17.5. The number of ether oxygens (including phenoxy) is 8. The highest BCUT2D eigenvalue weighted by atomic mass is 35.5. The van der Waals surface area contributed by atoms with Crippen LogP contribution in [0.25, 0.3) is 21.5 Å². The highest BCUT2D eigenvalue weighted by Crippen LogP contribution is 2.97. The first kappa shape index (κ1) is 85.8. The predicted octanol–water partition coefficient (Wildman–Crippen LogP) is 7.15. The molecule has 114 heavy (non-hydrogen) atoms. The van der Waals surface area contributed by atoms with E-state index in [1.807, 2.05) is 44.2 Å². The van der Waals surface area contributed by atoms with Crippen LogP contribution in [-0.4, -0.2) is 241 Å². The average Bonchev–Trinajstić information content (AvgIpc) is 1.39. The van der Waals surface area contributed by atoms with Gasteiger partial charge in [0.05, 0.1) is 108 Å². The second kappa shape index (κ2) is 38.1. The number of carbonyl (C=O) groups excluding carboxylic acids is 10. The molecule has 32 nitrogen and oxygen atoms in total. The monoisotopic (exact) mass is 1640 g/mol. The van der Waals surface area contributed by atoms with Gasteiger partial charge in [-0.1, -0.05) is 88.4 Å². The first-order valence-corrected chi connectivity index (χ1v) is 40.7. The van der Waals surface area contributed by atoms with E-state index < -0.39 is 66.7 Å². The maximum absolute atomic E-state index is 15.5. The number of nitrogens with two attached hydrogens (primary N) is 1. The Balaban J connectivity index is 0.603. The summed E-state index contributed by atoms with van der Waals surface area (Å²) in [6.45, 7) is 11.6. The number of hydrogen-bond donors (Lipinski definition) is 7. The Morgan fingerprint density at radius 3 is 1.57 bits per heavy atom. The standard InChI is InChI=1S/C79H99Cl2N10O22P/c1-47(2)68(86-63(92)23-28-105-30-32-107-34-36-109-38-39-110-37-35-108-33-31-106-29-27-89-64(93)21-22-65(89)94)72(96)85-58(16-11-24-83-75(82)99)71(95)84-53-19-17-50(18-20-53)46-111-76(100)87(5)25-26-88(6)77(101)112-61-40-59-66(56-14-9-7-12-54(56)61)51(42-80)44-90(59)73(97)78-48(3)69(78)79(49(4)70(78)79)74(98)91-45-52(43-81)67-57-15-10-8-13-55(57)62(41-60(67)91)113-114(102,103)104/h7-10,12-15,17-22,40-41,47-49,51-52,58,68-70H,11,16,23-39,42-46H2,1-6H3,(H,84,95)(H,85,96)(H,86,92)(H3,82,83,99)(H2,102,103,104)/t48?,49?,51?,52?,58-,68?,69?,70?,78?,79?/m0/s1. The van der Waals surface area contributed by atoms with Gasteiger partial charge in [0.15, 0.2) is 0 Å². The number of phosphoric acid groups is 1. The van der Waals surface area contributed by atoms with Gasteiger partial charge >= 0.3 is 26.0 Å². The number of benzene rings is 5. The van der Waals surface area contributed by atoms with Crippen molar-refractivity contribution in [2.75, 3.05) is 160 Å². The molecule has 3 heterocycles. The van der Waals surface area contributed by atoms with E-state index in [2.05, 4.69) is 21.3 Å². The van der Waals surface area contributed by atoms with E-state index in [1.54, 1.807) is 72.2 Å². The van der Waals surface area contributed by atoms with Crippen molar-refractivity contribution in [2.24, 2.45) is 46.2 Å². The number of primary amides is 1. The Morgan fingerprint density at radius 1 is 0.623 bits per heavy atom. The first-order valence-electron chi connectivity index (χ1n) is 38.1. The van der Waals surface area contributed by atoms with Gasteiger partial charge in [0.2, 0.25) is 29.5 Å². The van der Waals surface area contributed by atoms with E-state index in [-0.39, 0.29) is 180 Å². The number of urea groups is 1. The van der Waals surface area contributed by atoms with Crippen molar-refractivity contribution in [1.29, 1.82) is 0 Å². The number of imide groups is 1. The van der Waals surface area contributed by atoms with Gasteiger partial charge in [-0.3, -0.25) is 48.2 Å². The van der Waals surface area contributed by atoms with Gasteiger partial charge in [0.25, 0.3) is 11.8 Å². The number of carbonyl (C=O) groups is 10. The van der Waals surface area contributed by atoms with Crippen LogP contribution in [0.1, 0.15) is 75.5 Å². The van der Waals surface area contributed by atoms with Crippen molar-refractivity contribution in [3.8, 4) is 11.5 Å². The fraction of sp³-hybridized carbons (Fsp3) is 0.519. The number of alkyl halides is 2. The van der Waals surface area contributed by atoms with Crippen LogP contribution >= 0.6 is 31.0 Å². The van der Waals surface area contributed by atoms with Crippen LogP contribution in [0.3, 0.4) is 0 Å².